The maximum Gasteiger partial charge on any atom is 0.0689 e. The third-order valence-electron chi connectivity index (χ3n) is 8.01. The summed E-state index contributed by atoms with van der Waals surface area (Å²) in [4.78, 5) is 0. The highest BCUT2D eigenvalue weighted by atomic mass is 14.4. The average Bonchev–Trinajstić information content (AvgIpc) is 2.72. The molecule has 0 amide bonds. The monoisotopic (exact) mass is 373 g/mol. The van der Waals surface area contributed by atoms with Gasteiger partial charge in [0.1, 0.15) is 0 Å². The molecule has 0 aromatic rings. The Morgan fingerprint density at radius 1 is 0.704 bits per heavy atom. The molecule has 0 atom stereocenters. The number of nitriles is 1. The van der Waals surface area contributed by atoms with Crippen molar-refractivity contribution < 1.29 is 0 Å². The zero-order chi connectivity index (χ0) is 19.4. The Bertz CT molecular complexity index is 404. The van der Waals surface area contributed by atoms with E-state index in [1.165, 1.54) is 122 Å². The molecule has 27 heavy (non-hydrogen) atoms. The van der Waals surface area contributed by atoms with Crippen LogP contribution in [0.1, 0.15) is 136 Å². The van der Waals surface area contributed by atoms with E-state index < -0.39 is 0 Å². The molecular formula is C26H47N. The molecule has 2 aliphatic carbocycles. The smallest absolute Gasteiger partial charge is 0.0689 e. The largest absolute Gasteiger partial charge is 0.198 e. The molecule has 0 aromatic carbocycles. The number of hydrogen-bond donors (Lipinski definition) is 0. The first-order valence-corrected chi connectivity index (χ1v) is 12.6. The summed E-state index contributed by atoms with van der Waals surface area (Å²) in [6, 6.07) is 2.78. The molecule has 0 bridgehead atoms. The molecule has 0 heterocycles. The number of nitrogens with zero attached hydrogens (tertiary/aromatic N) is 1. The molecule has 0 aliphatic heterocycles. The molecule has 2 fully saturated rings. The van der Waals surface area contributed by atoms with E-state index in [1.807, 2.05) is 0 Å². The van der Waals surface area contributed by atoms with E-state index >= 15 is 0 Å². The quantitative estimate of drug-likeness (QED) is 0.313. The second-order valence-electron chi connectivity index (χ2n) is 10.0. The van der Waals surface area contributed by atoms with Crippen LogP contribution in [0.15, 0.2) is 0 Å². The van der Waals surface area contributed by atoms with Gasteiger partial charge in [0.05, 0.1) is 11.5 Å². The van der Waals surface area contributed by atoms with Crippen molar-refractivity contribution >= 4 is 0 Å². The normalized spacial score (nSPS) is 31.5. The highest BCUT2D eigenvalue weighted by molar-refractivity contribution is 5.02. The summed E-state index contributed by atoms with van der Waals surface area (Å²) >= 11 is 0. The number of rotatable bonds is 12. The van der Waals surface area contributed by atoms with Crippen molar-refractivity contribution in [3.8, 4) is 6.07 Å². The lowest BCUT2D eigenvalue weighted by molar-refractivity contribution is 0.114. The third-order valence-corrected chi connectivity index (χ3v) is 8.01. The zero-order valence-corrected chi connectivity index (χ0v) is 18.6. The van der Waals surface area contributed by atoms with E-state index in [4.69, 9.17) is 0 Å². The summed E-state index contributed by atoms with van der Waals surface area (Å²) in [7, 11) is 0. The van der Waals surface area contributed by atoms with E-state index in [-0.39, 0.29) is 5.41 Å². The van der Waals surface area contributed by atoms with E-state index in [9.17, 15) is 5.26 Å². The zero-order valence-electron chi connectivity index (χ0n) is 18.6. The van der Waals surface area contributed by atoms with Crippen LogP contribution in [0, 0.1) is 34.5 Å². The standard InChI is InChI=1S/C26H47N/c1-3-5-7-8-9-11-19-26(22-27)20-17-25(18-21-26)24-15-13-23(14-16-24)12-10-6-4-2/h23-25H,3-21H2,1-2H3. The van der Waals surface area contributed by atoms with Crippen LogP contribution in [0.2, 0.25) is 0 Å². The third kappa shape index (κ3) is 7.79. The minimum atomic E-state index is 0.0403. The molecule has 0 radical (unpaired) electrons. The summed E-state index contributed by atoms with van der Waals surface area (Å²) < 4.78 is 0. The van der Waals surface area contributed by atoms with Gasteiger partial charge in [-0.1, -0.05) is 90.9 Å². The molecular weight excluding hydrogens is 326 g/mol. The predicted octanol–water partition coefficient (Wildman–Crippen LogP) is 8.82. The van der Waals surface area contributed by atoms with Crippen LogP contribution < -0.4 is 0 Å². The maximum atomic E-state index is 9.87. The second-order valence-corrected chi connectivity index (χ2v) is 10.0. The Hall–Kier alpha value is -0.510. The lowest BCUT2D eigenvalue weighted by Gasteiger charge is -2.41. The average molecular weight is 374 g/mol. The van der Waals surface area contributed by atoms with Gasteiger partial charge in [0, 0.05) is 0 Å². The Morgan fingerprint density at radius 2 is 1.26 bits per heavy atom. The molecule has 156 valence electrons. The van der Waals surface area contributed by atoms with Crippen LogP contribution in [0.4, 0.5) is 0 Å². The number of hydrogen-bond acceptors (Lipinski definition) is 1. The summed E-state index contributed by atoms with van der Waals surface area (Å²) in [5.41, 5.74) is 0.0403. The van der Waals surface area contributed by atoms with Crippen LogP contribution in [0.3, 0.4) is 0 Å². The molecule has 0 saturated heterocycles. The molecule has 0 spiro atoms. The van der Waals surface area contributed by atoms with Gasteiger partial charge in [0.15, 0.2) is 0 Å². The highest BCUT2D eigenvalue weighted by Crippen LogP contribution is 2.47. The van der Waals surface area contributed by atoms with E-state index in [1.54, 1.807) is 0 Å². The van der Waals surface area contributed by atoms with Gasteiger partial charge in [0.2, 0.25) is 0 Å². The summed E-state index contributed by atoms with van der Waals surface area (Å²) in [6.45, 7) is 4.59. The van der Waals surface area contributed by atoms with Crippen molar-refractivity contribution in [2.75, 3.05) is 0 Å². The van der Waals surface area contributed by atoms with Crippen molar-refractivity contribution in [3.63, 3.8) is 0 Å². The van der Waals surface area contributed by atoms with Crippen LogP contribution in [-0.2, 0) is 0 Å². The molecule has 1 heteroatoms. The van der Waals surface area contributed by atoms with Crippen LogP contribution in [0.25, 0.3) is 0 Å². The first-order valence-electron chi connectivity index (χ1n) is 12.6. The van der Waals surface area contributed by atoms with Crippen molar-refractivity contribution in [1.82, 2.24) is 0 Å². The SMILES string of the molecule is CCCCCCCCC1(C#N)CCC(C2CCC(CCCCC)CC2)CC1. The molecule has 2 saturated carbocycles. The minimum Gasteiger partial charge on any atom is -0.198 e. The van der Waals surface area contributed by atoms with Gasteiger partial charge in [-0.2, -0.15) is 5.26 Å². The van der Waals surface area contributed by atoms with Gasteiger partial charge in [-0.15, -0.1) is 0 Å². The van der Waals surface area contributed by atoms with Crippen LogP contribution in [0.5, 0.6) is 0 Å². The predicted molar refractivity (Wildman–Crippen MR) is 118 cm³/mol. The molecule has 2 rings (SSSR count). The topological polar surface area (TPSA) is 23.8 Å². The summed E-state index contributed by atoms with van der Waals surface area (Å²) in [6.07, 6.45) is 26.0. The van der Waals surface area contributed by atoms with E-state index in [2.05, 4.69) is 19.9 Å². The van der Waals surface area contributed by atoms with Crippen molar-refractivity contribution in [3.05, 3.63) is 0 Å². The van der Waals surface area contributed by atoms with E-state index in [0.717, 1.165) is 17.8 Å². The van der Waals surface area contributed by atoms with Crippen molar-refractivity contribution in [2.45, 2.75) is 136 Å². The minimum absolute atomic E-state index is 0.0403. The Labute approximate surface area is 170 Å². The molecule has 0 N–H and O–H groups in total. The van der Waals surface area contributed by atoms with Crippen LogP contribution in [-0.4, -0.2) is 0 Å². The van der Waals surface area contributed by atoms with Crippen molar-refractivity contribution in [1.29, 1.82) is 5.26 Å². The van der Waals surface area contributed by atoms with Gasteiger partial charge in [0.25, 0.3) is 0 Å². The van der Waals surface area contributed by atoms with Gasteiger partial charge in [-0.3, -0.25) is 0 Å². The fourth-order valence-electron chi connectivity index (χ4n) is 5.96. The lowest BCUT2D eigenvalue weighted by atomic mass is 9.63. The molecule has 1 nitrogen and oxygen atoms in total. The van der Waals surface area contributed by atoms with Crippen LogP contribution >= 0.6 is 0 Å². The van der Waals surface area contributed by atoms with Crippen molar-refractivity contribution in [2.24, 2.45) is 23.2 Å². The number of unbranched alkanes of at least 4 members (excludes halogenated alkanes) is 7. The van der Waals surface area contributed by atoms with Gasteiger partial charge < -0.3 is 0 Å². The Morgan fingerprint density at radius 3 is 1.89 bits per heavy atom. The molecule has 0 unspecified atom stereocenters. The van der Waals surface area contributed by atoms with E-state index in [0.29, 0.717) is 0 Å². The maximum absolute atomic E-state index is 9.87. The Kier molecular flexibility index (Phi) is 10.8. The summed E-state index contributed by atoms with van der Waals surface area (Å²) in [5.74, 6) is 2.95. The lowest BCUT2D eigenvalue weighted by Crippen LogP contribution is -2.31. The fraction of sp³-hybridized carbons (Fsp3) is 0.962. The summed E-state index contributed by atoms with van der Waals surface area (Å²) in [5, 5.41) is 9.87. The first kappa shape index (κ1) is 22.8. The molecule has 0 aromatic heterocycles. The molecule has 2 aliphatic rings. The highest BCUT2D eigenvalue weighted by Gasteiger charge is 2.38. The fourth-order valence-corrected chi connectivity index (χ4v) is 5.96. The van der Waals surface area contributed by atoms with Gasteiger partial charge in [-0.05, 0) is 62.7 Å². The first-order chi connectivity index (χ1) is 13.2. The second kappa shape index (κ2) is 12.9. The Balaban J connectivity index is 1.64. The van der Waals surface area contributed by atoms with Gasteiger partial charge in [-0.25, -0.2) is 0 Å². The van der Waals surface area contributed by atoms with Gasteiger partial charge >= 0.3 is 0 Å².